The Labute approximate surface area is 98.5 Å². The monoisotopic (exact) mass is 235 g/mol. The Balaban J connectivity index is 2.52. The average Bonchev–Trinajstić information content (AvgIpc) is 2.60. The summed E-state index contributed by atoms with van der Waals surface area (Å²) in [4.78, 5) is 2.02. The second kappa shape index (κ2) is 3.97. The highest BCUT2D eigenvalue weighted by molar-refractivity contribution is 7.71. The van der Waals surface area contributed by atoms with E-state index >= 15 is 0 Å². The first-order chi connectivity index (χ1) is 7.59. The van der Waals surface area contributed by atoms with E-state index in [4.69, 9.17) is 18.1 Å². The van der Waals surface area contributed by atoms with E-state index in [0.717, 1.165) is 11.3 Å². The van der Waals surface area contributed by atoms with Gasteiger partial charge in [-0.2, -0.15) is 5.10 Å². The molecule has 1 heterocycles. The van der Waals surface area contributed by atoms with Crippen LogP contribution in [0.3, 0.4) is 0 Å². The number of hydrogen-bond donors (Lipinski definition) is 2. The van der Waals surface area contributed by atoms with Crippen molar-refractivity contribution in [3.05, 3.63) is 29.0 Å². The molecule has 0 radical (unpaired) electrons. The predicted octanol–water partition coefficient (Wildman–Crippen LogP) is 1.39. The second-order valence-corrected chi connectivity index (χ2v) is 4.05. The number of nitrogens with zero attached hydrogens (tertiary/aromatic N) is 3. The summed E-state index contributed by atoms with van der Waals surface area (Å²) >= 11 is 4.97. The number of anilines is 1. The van der Waals surface area contributed by atoms with Gasteiger partial charge in [-0.1, -0.05) is 12.1 Å². The number of H-pyrrole nitrogens is 1. The van der Waals surface area contributed by atoms with Crippen LogP contribution in [0.25, 0.3) is 11.4 Å². The van der Waals surface area contributed by atoms with Gasteiger partial charge in [-0.15, -0.1) is 0 Å². The van der Waals surface area contributed by atoms with E-state index in [0.29, 0.717) is 10.6 Å². The Hall–Kier alpha value is -1.82. The average molecular weight is 235 g/mol. The molecule has 16 heavy (non-hydrogen) atoms. The molecular weight excluding hydrogens is 222 g/mol. The highest BCUT2D eigenvalue weighted by Crippen LogP contribution is 2.21. The van der Waals surface area contributed by atoms with Gasteiger partial charge in [-0.25, -0.2) is 9.77 Å². The molecule has 5 nitrogen and oxygen atoms in total. The number of aromatic nitrogens is 3. The third-order valence-electron chi connectivity index (χ3n) is 2.33. The van der Waals surface area contributed by atoms with Crippen LogP contribution in [0.2, 0.25) is 0 Å². The first kappa shape index (κ1) is 10.7. The molecule has 0 saturated carbocycles. The molecule has 1 aromatic carbocycles. The Morgan fingerprint density at radius 3 is 2.75 bits per heavy atom. The summed E-state index contributed by atoms with van der Waals surface area (Å²) < 4.78 is 1.77. The summed E-state index contributed by atoms with van der Waals surface area (Å²) in [5, 5.41) is 6.75. The fourth-order valence-corrected chi connectivity index (χ4v) is 1.56. The highest BCUT2D eigenvalue weighted by atomic mass is 32.1. The Kier molecular flexibility index (Phi) is 2.66. The largest absolute Gasteiger partial charge is 0.378 e. The van der Waals surface area contributed by atoms with Gasteiger partial charge < -0.3 is 10.7 Å². The van der Waals surface area contributed by atoms with Crippen LogP contribution in [0.4, 0.5) is 5.69 Å². The van der Waals surface area contributed by atoms with Crippen molar-refractivity contribution >= 4 is 17.9 Å². The zero-order chi connectivity index (χ0) is 11.7. The third-order valence-corrected chi connectivity index (χ3v) is 2.61. The molecule has 0 unspecified atom stereocenters. The number of hydrogen-bond acceptors (Lipinski definition) is 4. The molecule has 0 aliphatic rings. The van der Waals surface area contributed by atoms with Crippen LogP contribution in [0, 0.1) is 4.77 Å². The molecule has 0 saturated heterocycles. The maximum atomic E-state index is 5.77. The lowest BCUT2D eigenvalue weighted by atomic mass is 10.2. The number of nitrogens with one attached hydrogen (secondary N) is 1. The van der Waals surface area contributed by atoms with Gasteiger partial charge in [0.15, 0.2) is 5.82 Å². The van der Waals surface area contributed by atoms with Crippen LogP contribution in [0.1, 0.15) is 0 Å². The van der Waals surface area contributed by atoms with Crippen LogP contribution in [-0.2, 0) is 0 Å². The van der Waals surface area contributed by atoms with Crippen molar-refractivity contribution < 1.29 is 0 Å². The molecule has 84 valence electrons. The Morgan fingerprint density at radius 2 is 2.19 bits per heavy atom. The summed E-state index contributed by atoms with van der Waals surface area (Å²) in [5.74, 6) is 6.40. The number of benzene rings is 1. The zero-order valence-corrected chi connectivity index (χ0v) is 9.95. The van der Waals surface area contributed by atoms with Gasteiger partial charge in [0, 0.05) is 25.3 Å². The van der Waals surface area contributed by atoms with Crippen molar-refractivity contribution in [1.29, 1.82) is 0 Å². The number of nitrogens with two attached hydrogens (primary N) is 1. The van der Waals surface area contributed by atoms with Crippen LogP contribution >= 0.6 is 12.2 Å². The molecular formula is C10H13N5S. The molecule has 0 aliphatic carbocycles. The minimum absolute atomic E-state index is 0.408. The zero-order valence-electron chi connectivity index (χ0n) is 9.14. The van der Waals surface area contributed by atoms with E-state index in [-0.39, 0.29) is 0 Å². The van der Waals surface area contributed by atoms with Crippen molar-refractivity contribution in [1.82, 2.24) is 14.9 Å². The summed E-state index contributed by atoms with van der Waals surface area (Å²) in [6.45, 7) is 0. The molecule has 0 spiro atoms. The summed E-state index contributed by atoms with van der Waals surface area (Å²) in [6, 6.07) is 7.93. The van der Waals surface area contributed by atoms with Gasteiger partial charge in [-0.3, -0.25) is 0 Å². The molecule has 0 amide bonds. The number of rotatable bonds is 2. The Bertz CT molecular complexity index is 554. The van der Waals surface area contributed by atoms with Crippen molar-refractivity contribution in [2.75, 3.05) is 24.8 Å². The lowest BCUT2D eigenvalue weighted by Crippen LogP contribution is -2.11. The first-order valence-electron chi connectivity index (χ1n) is 4.80. The van der Waals surface area contributed by atoms with Gasteiger partial charge in [0.2, 0.25) is 4.77 Å². The fraction of sp³-hybridized carbons (Fsp3) is 0.200. The van der Waals surface area contributed by atoms with Crippen molar-refractivity contribution in [2.24, 2.45) is 0 Å². The molecule has 0 atom stereocenters. The SMILES string of the molecule is CN(C)c1cccc(-c2n[nH]c(=S)n2N)c1. The smallest absolute Gasteiger partial charge is 0.214 e. The van der Waals surface area contributed by atoms with Gasteiger partial charge in [0.25, 0.3) is 0 Å². The number of aromatic amines is 1. The van der Waals surface area contributed by atoms with Gasteiger partial charge in [0.1, 0.15) is 0 Å². The van der Waals surface area contributed by atoms with E-state index in [1.807, 2.05) is 43.3 Å². The van der Waals surface area contributed by atoms with Crippen molar-refractivity contribution in [3.63, 3.8) is 0 Å². The maximum absolute atomic E-state index is 5.77. The topological polar surface area (TPSA) is 62.9 Å². The molecule has 1 aromatic heterocycles. The van der Waals surface area contributed by atoms with E-state index in [2.05, 4.69) is 10.2 Å². The molecule has 0 fully saturated rings. The molecule has 3 N–H and O–H groups in total. The molecule has 6 heteroatoms. The summed E-state index contributed by atoms with van der Waals surface area (Å²) in [6.07, 6.45) is 0. The minimum Gasteiger partial charge on any atom is -0.378 e. The second-order valence-electron chi connectivity index (χ2n) is 3.67. The standard InChI is InChI=1S/C10H13N5S/c1-14(2)8-5-3-4-7(6-8)9-12-13-10(16)15(9)11/h3-6H,11H2,1-2H3,(H,13,16). The molecule has 2 aromatic rings. The fourth-order valence-electron chi connectivity index (χ4n) is 1.43. The van der Waals surface area contributed by atoms with Gasteiger partial charge in [-0.05, 0) is 24.4 Å². The predicted molar refractivity (Wildman–Crippen MR) is 67.3 cm³/mol. The summed E-state index contributed by atoms with van der Waals surface area (Å²) in [7, 11) is 3.97. The van der Waals surface area contributed by atoms with Crippen molar-refractivity contribution in [3.8, 4) is 11.4 Å². The van der Waals surface area contributed by atoms with Crippen LogP contribution < -0.4 is 10.7 Å². The summed E-state index contributed by atoms with van der Waals surface area (Å²) in [5.41, 5.74) is 2.02. The third kappa shape index (κ3) is 1.79. The normalized spacial score (nSPS) is 10.4. The van der Waals surface area contributed by atoms with Crippen LogP contribution in [0.15, 0.2) is 24.3 Å². The van der Waals surface area contributed by atoms with Crippen LogP contribution in [-0.4, -0.2) is 29.0 Å². The lowest BCUT2D eigenvalue weighted by molar-refractivity contribution is 0.984. The number of nitrogen functional groups attached to an aromatic ring is 1. The van der Waals surface area contributed by atoms with E-state index < -0.39 is 0 Å². The first-order valence-corrected chi connectivity index (χ1v) is 5.20. The van der Waals surface area contributed by atoms with Gasteiger partial charge >= 0.3 is 0 Å². The highest BCUT2D eigenvalue weighted by Gasteiger charge is 2.07. The maximum Gasteiger partial charge on any atom is 0.214 e. The quantitative estimate of drug-likeness (QED) is 0.610. The van der Waals surface area contributed by atoms with Gasteiger partial charge in [0.05, 0.1) is 0 Å². The van der Waals surface area contributed by atoms with Crippen LogP contribution in [0.5, 0.6) is 0 Å². The molecule has 0 bridgehead atoms. The van der Waals surface area contributed by atoms with Crippen molar-refractivity contribution in [2.45, 2.75) is 0 Å². The lowest BCUT2D eigenvalue weighted by Gasteiger charge is -2.13. The van der Waals surface area contributed by atoms with E-state index in [9.17, 15) is 0 Å². The van der Waals surface area contributed by atoms with E-state index in [1.165, 1.54) is 4.68 Å². The Morgan fingerprint density at radius 1 is 1.44 bits per heavy atom. The molecule has 0 aliphatic heterocycles. The molecule has 2 rings (SSSR count). The minimum atomic E-state index is 0.408. The van der Waals surface area contributed by atoms with E-state index in [1.54, 1.807) is 0 Å².